The van der Waals surface area contributed by atoms with Crippen LogP contribution in [-0.2, 0) is 4.79 Å². The van der Waals surface area contributed by atoms with Gasteiger partial charge in [-0.1, -0.05) is 24.6 Å². The number of fused-ring (bicyclic) bond motifs is 1. The highest BCUT2D eigenvalue weighted by molar-refractivity contribution is 6.33. The Morgan fingerprint density at radius 1 is 1.39 bits per heavy atom. The quantitative estimate of drug-likeness (QED) is 0.871. The number of piperidine rings is 1. The van der Waals surface area contributed by atoms with Gasteiger partial charge in [-0.15, -0.1) is 0 Å². The molecule has 0 spiro atoms. The van der Waals surface area contributed by atoms with Crippen molar-refractivity contribution in [2.45, 2.75) is 44.7 Å². The van der Waals surface area contributed by atoms with Crippen LogP contribution in [0.2, 0.25) is 5.02 Å². The van der Waals surface area contributed by atoms with Crippen molar-refractivity contribution in [2.75, 3.05) is 0 Å². The molecule has 2 fully saturated rings. The van der Waals surface area contributed by atoms with Crippen molar-refractivity contribution in [3.8, 4) is 0 Å². The Labute approximate surface area is 139 Å². The first-order valence-corrected chi connectivity index (χ1v) is 8.37. The number of carbonyl (C=O) groups excluding carboxylic acids is 2. The van der Waals surface area contributed by atoms with Gasteiger partial charge in [0.25, 0.3) is 5.91 Å². The summed E-state index contributed by atoms with van der Waals surface area (Å²) >= 11 is 5.93. The summed E-state index contributed by atoms with van der Waals surface area (Å²) in [7, 11) is 0. The Hall–Kier alpha value is -1.62. The first-order chi connectivity index (χ1) is 11.0. The number of hydrogen-bond acceptors (Lipinski definition) is 2. The highest BCUT2D eigenvalue weighted by atomic mass is 35.5. The third-order valence-corrected chi connectivity index (χ3v) is 5.33. The van der Waals surface area contributed by atoms with Crippen molar-refractivity contribution in [3.63, 3.8) is 0 Å². The van der Waals surface area contributed by atoms with Crippen LogP contribution in [0.3, 0.4) is 0 Å². The predicted octanol–water partition coefficient (Wildman–Crippen LogP) is 2.90. The lowest BCUT2D eigenvalue weighted by Crippen LogP contribution is -2.54. The fourth-order valence-electron chi connectivity index (χ4n) is 3.85. The van der Waals surface area contributed by atoms with E-state index in [4.69, 9.17) is 11.6 Å². The fourth-order valence-corrected chi connectivity index (χ4v) is 4.10. The molecule has 0 bridgehead atoms. The Bertz CT molecular complexity index is 617. The van der Waals surface area contributed by atoms with Gasteiger partial charge in [0.15, 0.2) is 0 Å². The minimum atomic E-state index is -0.622. The lowest BCUT2D eigenvalue weighted by Gasteiger charge is -2.43. The molecule has 23 heavy (non-hydrogen) atoms. The maximum Gasteiger partial charge on any atom is 0.255 e. The van der Waals surface area contributed by atoms with Gasteiger partial charge in [-0.2, -0.15) is 0 Å². The monoisotopic (exact) mass is 338 g/mol. The lowest BCUT2D eigenvalue weighted by molar-refractivity contribution is -0.126. The molecule has 1 aromatic carbocycles. The summed E-state index contributed by atoms with van der Waals surface area (Å²) < 4.78 is 13.8. The zero-order chi connectivity index (χ0) is 16.6. The lowest BCUT2D eigenvalue weighted by atomic mass is 9.72. The van der Waals surface area contributed by atoms with Crippen LogP contribution in [0.5, 0.6) is 0 Å². The van der Waals surface area contributed by atoms with Gasteiger partial charge in [0.05, 0.1) is 10.6 Å². The number of benzene rings is 1. The molecule has 2 aliphatic rings. The van der Waals surface area contributed by atoms with Gasteiger partial charge in [0.2, 0.25) is 5.91 Å². The van der Waals surface area contributed by atoms with Crippen LogP contribution >= 0.6 is 11.6 Å². The van der Waals surface area contributed by atoms with Gasteiger partial charge in [-0.3, -0.25) is 9.59 Å². The molecular weight excluding hydrogens is 319 g/mol. The number of amides is 2. The average Bonchev–Trinajstić information content (AvgIpc) is 2.46. The molecule has 1 saturated carbocycles. The second-order valence-corrected chi connectivity index (χ2v) is 7.01. The molecule has 2 N–H and O–H groups in total. The van der Waals surface area contributed by atoms with E-state index in [0.717, 1.165) is 12.8 Å². The molecule has 4 atom stereocenters. The molecule has 6 heteroatoms. The van der Waals surface area contributed by atoms with Crippen LogP contribution in [0.4, 0.5) is 4.39 Å². The Kier molecular flexibility index (Phi) is 4.57. The summed E-state index contributed by atoms with van der Waals surface area (Å²) in [6.45, 7) is 2.11. The van der Waals surface area contributed by atoms with E-state index in [0.29, 0.717) is 24.7 Å². The smallest absolute Gasteiger partial charge is 0.255 e. The summed E-state index contributed by atoms with van der Waals surface area (Å²) in [6, 6.07) is 4.20. The van der Waals surface area contributed by atoms with Crippen molar-refractivity contribution < 1.29 is 14.0 Å². The average molecular weight is 339 g/mol. The third kappa shape index (κ3) is 3.34. The minimum absolute atomic E-state index is 0.0721. The minimum Gasteiger partial charge on any atom is -0.353 e. The molecular formula is C17H20ClFN2O2. The summed E-state index contributed by atoms with van der Waals surface area (Å²) in [5.41, 5.74) is -0.114. The van der Waals surface area contributed by atoms with Gasteiger partial charge in [0, 0.05) is 18.5 Å². The van der Waals surface area contributed by atoms with Crippen molar-refractivity contribution >= 4 is 23.4 Å². The van der Waals surface area contributed by atoms with E-state index in [-0.39, 0.29) is 28.6 Å². The van der Waals surface area contributed by atoms with E-state index in [9.17, 15) is 14.0 Å². The molecule has 3 rings (SSSR count). The normalized spacial score (nSPS) is 30.3. The molecule has 1 heterocycles. The summed E-state index contributed by atoms with van der Waals surface area (Å²) in [5, 5.41) is 6.00. The molecule has 1 saturated heterocycles. The standard InChI is InChI=1S/C17H20ClFN2O2/c1-9-7-15(22)21-14-8-10(5-6-11(9)14)20-17(23)16-12(18)3-2-4-13(16)19/h2-4,9-11,14H,5-8H2,1H3,(H,20,23)(H,21,22). The van der Waals surface area contributed by atoms with Crippen molar-refractivity contribution in [3.05, 3.63) is 34.6 Å². The van der Waals surface area contributed by atoms with Crippen LogP contribution in [0.25, 0.3) is 0 Å². The molecule has 1 aromatic rings. The number of hydrogen-bond donors (Lipinski definition) is 2. The van der Waals surface area contributed by atoms with E-state index in [2.05, 4.69) is 17.6 Å². The fraction of sp³-hybridized carbons (Fsp3) is 0.529. The Balaban J connectivity index is 1.67. The van der Waals surface area contributed by atoms with Crippen LogP contribution < -0.4 is 10.6 Å². The molecule has 4 nitrogen and oxygen atoms in total. The topological polar surface area (TPSA) is 58.2 Å². The van der Waals surface area contributed by atoms with Crippen LogP contribution in [0.1, 0.15) is 43.0 Å². The highest BCUT2D eigenvalue weighted by Gasteiger charge is 2.39. The first kappa shape index (κ1) is 16.2. The van der Waals surface area contributed by atoms with E-state index in [1.807, 2.05) is 0 Å². The Morgan fingerprint density at radius 2 is 2.17 bits per heavy atom. The molecule has 0 radical (unpaired) electrons. The highest BCUT2D eigenvalue weighted by Crippen LogP contribution is 2.35. The van der Waals surface area contributed by atoms with Gasteiger partial charge in [-0.25, -0.2) is 4.39 Å². The summed E-state index contributed by atoms with van der Waals surface area (Å²) in [6.07, 6.45) is 3.03. The van der Waals surface area contributed by atoms with Crippen LogP contribution in [0, 0.1) is 17.7 Å². The number of rotatable bonds is 2. The molecule has 1 aliphatic heterocycles. The van der Waals surface area contributed by atoms with Crippen LogP contribution in [-0.4, -0.2) is 23.9 Å². The van der Waals surface area contributed by atoms with Gasteiger partial charge in [-0.05, 0) is 43.2 Å². The predicted molar refractivity (Wildman–Crippen MR) is 85.7 cm³/mol. The molecule has 124 valence electrons. The van der Waals surface area contributed by atoms with Crippen molar-refractivity contribution in [1.82, 2.24) is 10.6 Å². The number of nitrogens with one attached hydrogen (secondary N) is 2. The van der Waals surface area contributed by atoms with E-state index < -0.39 is 11.7 Å². The number of carbonyl (C=O) groups is 2. The maximum absolute atomic E-state index is 13.8. The van der Waals surface area contributed by atoms with E-state index in [1.54, 1.807) is 0 Å². The SMILES string of the molecule is CC1CC(=O)NC2CC(NC(=O)c3c(F)cccc3Cl)CCC12. The summed E-state index contributed by atoms with van der Waals surface area (Å²) in [4.78, 5) is 24.0. The third-order valence-electron chi connectivity index (χ3n) is 5.01. The second-order valence-electron chi connectivity index (χ2n) is 6.60. The van der Waals surface area contributed by atoms with Crippen molar-refractivity contribution in [2.24, 2.45) is 11.8 Å². The largest absolute Gasteiger partial charge is 0.353 e. The molecule has 0 aromatic heterocycles. The first-order valence-electron chi connectivity index (χ1n) is 8.00. The number of halogens is 2. The van der Waals surface area contributed by atoms with Crippen molar-refractivity contribution in [1.29, 1.82) is 0 Å². The molecule has 2 amide bonds. The zero-order valence-corrected chi connectivity index (χ0v) is 13.7. The Morgan fingerprint density at radius 3 is 2.91 bits per heavy atom. The summed E-state index contributed by atoms with van der Waals surface area (Å²) in [5.74, 6) is -0.220. The maximum atomic E-state index is 13.8. The molecule has 1 aliphatic carbocycles. The van der Waals surface area contributed by atoms with Gasteiger partial charge < -0.3 is 10.6 Å². The second kappa shape index (κ2) is 6.48. The molecule has 4 unspecified atom stereocenters. The van der Waals surface area contributed by atoms with E-state index in [1.165, 1.54) is 18.2 Å². The van der Waals surface area contributed by atoms with E-state index >= 15 is 0 Å². The van der Waals surface area contributed by atoms with Gasteiger partial charge in [0.1, 0.15) is 5.82 Å². The zero-order valence-electron chi connectivity index (χ0n) is 12.9. The van der Waals surface area contributed by atoms with Crippen LogP contribution in [0.15, 0.2) is 18.2 Å². The van der Waals surface area contributed by atoms with Gasteiger partial charge >= 0.3 is 0 Å².